The number of nitrogens with one attached hydrogen (secondary N) is 1. The van der Waals surface area contributed by atoms with Crippen LogP contribution in [-0.2, 0) is 4.79 Å². The van der Waals surface area contributed by atoms with Gasteiger partial charge in [0.05, 0.1) is 10.6 Å². The van der Waals surface area contributed by atoms with Crippen LogP contribution in [0.25, 0.3) is 0 Å². The second-order valence-corrected chi connectivity index (χ2v) is 8.89. The van der Waals surface area contributed by atoms with Crippen LogP contribution < -0.4 is 10.2 Å². The van der Waals surface area contributed by atoms with Gasteiger partial charge in [-0.1, -0.05) is 48.5 Å². The summed E-state index contributed by atoms with van der Waals surface area (Å²) >= 11 is 3.35. The molecule has 0 spiro atoms. The number of non-ortho nitro benzene ring substituents is 1. The van der Waals surface area contributed by atoms with Crippen molar-refractivity contribution in [1.29, 1.82) is 0 Å². The summed E-state index contributed by atoms with van der Waals surface area (Å²) in [4.78, 5) is 28.6. The predicted octanol–water partition coefficient (Wildman–Crippen LogP) is 5.17. The lowest BCUT2D eigenvalue weighted by atomic mass is 10.0. The largest absolute Gasteiger partial charge is 0.369 e. The Bertz CT molecular complexity index is 1150. The lowest BCUT2D eigenvalue weighted by Crippen LogP contribution is -2.50. The number of carbonyl (C=O) groups is 1. The van der Waals surface area contributed by atoms with Crippen molar-refractivity contribution < 1.29 is 9.72 Å². The van der Waals surface area contributed by atoms with Crippen LogP contribution in [0.15, 0.2) is 77.3 Å². The van der Waals surface area contributed by atoms with E-state index < -0.39 is 11.0 Å². The second-order valence-electron chi connectivity index (χ2n) is 8.03. The third kappa shape index (κ3) is 5.23. The van der Waals surface area contributed by atoms with E-state index in [1.165, 1.54) is 23.4 Å². The number of hydrogen-bond donors (Lipinski definition) is 1. The number of nitrogens with zero attached hydrogens (tertiary/aromatic N) is 3. The number of nitro groups is 1. The number of nitro benzene ring substituents is 1. The molecule has 4 rings (SSSR count). The number of halogens is 1. The van der Waals surface area contributed by atoms with E-state index >= 15 is 0 Å². The molecule has 7 nitrogen and oxygen atoms in total. The van der Waals surface area contributed by atoms with Crippen molar-refractivity contribution in [3.8, 4) is 0 Å². The second kappa shape index (κ2) is 10.1. The van der Waals surface area contributed by atoms with Gasteiger partial charge in [-0.25, -0.2) is 0 Å². The molecule has 1 unspecified atom stereocenters. The molecule has 33 heavy (non-hydrogen) atoms. The highest BCUT2D eigenvalue weighted by Gasteiger charge is 2.31. The van der Waals surface area contributed by atoms with Crippen LogP contribution in [-0.4, -0.2) is 41.9 Å². The fourth-order valence-electron chi connectivity index (χ4n) is 4.22. The summed E-state index contributed by atoms with van der Waals surface area (Å²) in [6.07, 6.45) is 0. The molecule has 1 N–H and O–H groups in total. The standard InChI is InChI=1S/C25H25BrN4O3/c1-18-7-5-6-10-23(18)28-13-15-29(16-14-28)24(19-8-3-2-4-9-19)25(31)27-22-12-11-20(30(32)33)17-21(22)26/h2-12,17,24H,13-16H2,1H3,(H,27,31). The SMILES string of the molecule is Cc1ccccc1N1CCN(C(C(=O)Nc2ccc([N+](=O)[O-])cc2Br)c2ccccc2)CC1. The monoisotopic (exact) mass is 508 g/mol. The maximum absolute atomic E-state index is 13.5. The minimum absolute atomic E-state index is 0.0354. The smallest absolute Gasteiger partial charge is 0.270 e. The highest BCUT2D eigenvalue weighted by Crippen LogP contribution is 2.30. The van der Waals surface area contributed by atoms with Crippen molar-refractivity contribution >= 4 is 38.9 Å². The Hall–Kier alpha value is -3.23. The third-order valence-electron chi connectivity index (χ3n) is 5.92. The van der Waals surface area contributed by atoms with Crippen LogP contribution in [0.3, 0.4) is 0 Å². The molecule has 1 atom stereocenters. The van der Waals surface area contributed by atoms with Crippen molar-refractivity contribution in [2.45, 2.75) is 13.0 Å². The number of rotatable bonds is 6. The molecule has 1 saturated heterocycles. The quantitative estimate of drug-likeness (QED) is 0.367. The summed E-state index contributed by atoms with van der Waals surface area (Å²) in [7, 11) is 0. The molecular formula is C25H25BrN4O3. The Kier molecular flexibility index (Phi) is 7.05. The Morgan fingerprint density at radius 3 is 2.30 bits per heavy atom. The lowest BCUT2D eigenvalue weighted by Gasteiger charge is -2.40. The van der Waals surface area contributed by atoms with Gasteiger partial charge >= 0.3 is 0 Å². The first-order valence-electron chi connectivity index (χ1n) is 10.8. The van der Waals surface area contributed by atoms with Gasteiger partial charge in [0.15, 0.2) is 0 Å². The van der Waals surface area contributed by atoms with Crippen LogP contribution in [0.4, 0.5) is 17.1 Å². The molecule has 0 aromatic heterocycles. The molecule has 0 saturated carbocycles. The number of anilines is 2. The van der Waals surface area contributed by atoms with Crippen LogP contribution in [0.1, 0.15) is 17.2 Å². The third-order valence-corrected chi connectivity index (χ3v) is 6.58. The van der Waals surface area contributed by atoms with Gasteiger partial charge in [-0.3, -0.25) is 19.8 Å². The van der Waals surface area contributed by atoms with Gasteiger partial charge < -0.3 is 10.2 Å². The van der Waals surface area contributed by atoms with Crippen LogP contribution in [0.2, 0.25) is 0 Å². The van der Waals surface area contributed by atoms with E-state index in [4.69, 9.17) is 0 Å². The molecule has 1 heterocycles. The highest BCUT2D eigenvalue weighted by molar-refractivity contribution is 9.10. The predicted molar refractivity (Wildman–Crippen MR) is 134 cm³/mol. The number of amides is 1. The van der Waals surface area contributed by atoms with Crippen molar-refractivity contribution in [2.75, 3.05) is 36.4 Å². The minimum atomic E-state index is -0.465. The van der Waals surface area contributed by atoms with E-state index in [1.54, 1.807) is 6.07 Å². The molecule has 170 valence electrons. The Morgan fingerprint density at radius 2 is 1.67 bits per heavy atom. The van der Waals surface area contributed by atoms with E-state index in [1.807, 2.05) is 36.4 Å². The summed E-state index contributed by atoms with van der Waals surface area (Å²) in [5, 5.41) is 14.0. The zero-order valence-electron chi connectivity index (χ0n) is 18.3. The van der Waals surface area contributed by atoms with Crippen molar-refractivity contribution in [3.05, 3.63) is 98.5 Å². The van der Waals surface area contributed by atoms with E-state index in [0.29, 0.717) is 10.2 Å². The van der Waals surface area contributed by atoms with Crippen LogP contribution in [0, 0.1) is 17.0 Å². The van der Waals surface area contributed by atoms with Gasteiger partial charge in [-0.2, -0.15) is 0 Å². The molecule has 3 aromatic rings. The van der Waals surface area contributed by atoms with Crippen molar-refractivity contribution in [2.24, 2.45) is 0 Å². The number of carbonyl (C=O) groups excluding carboxylic acids is 1. The van der Waals surface area contributed by atoms with E-state index in [2.05, 4.69) is 56.2 Å². The van der Waals surface area contributed by atoms with E-state index in [9.17, 15) is 14.9 Å². The first-order valence-corrected chi connectivity index (χ1v) is 11.6. The van der Waals surface area contributed by atoms with Crippen LogP contribution in [0.5, 0.6) is 0 Å². The zero-order valence-corrected chi connectivity index (χ0v) is 19.9. The van der Waals surface area contributed by atoms with Gasteiger partial charge in [0.25, 0.3) is 5.69 Å². The Morgan fingerprint density at radius 1 is 1.00 bits per heavy atom. The topological polar surface area (TPSA) is 78.7 Å². The maximum Gasteiger partial charge on any atom is 0.270 e. The average Bonchev–Trinajstić information content (AvgIpc) is 2.82. The molecule has 1 aliphatic rings. The summed E-state index contributed by atoms with van der Waals surface area (Å²) in [5.41, 5.74) is 3.85. The fourth-order valence-corrected chi connectivity index (χ4v) is 4.69. The van der Waals surface area contributed by atoms with Crippen molar-refractivity contribution in [3.63, 3.8) is 0 Å². The van der Waals surface area contributed by atoms with Gasteiger partial charge in [-0.15, -0.1) is 0 Å². The van der Waals surface area contributed by atoms with Gasteiger partial charge in [0.1, 0.15) is 6.04 Å². The molecule has 1 fully saturated rings. The van der Waals surface area contributed by atoms with Gasteiger partial charge in [0, 0.05) is 48.5 Å². The molecule has 0 aliphatic carbocycles. The number of hydrogen-bond acceptors (Lipinski definition) is 5. The highest BCUT2D eigenvalue weighted by atomic mass is 79.9. The van der Waals surface area contributed by atoms with E-state index in [-0.39, 0.29) is 11.6 Å². The molecule has 0 radical (unpaired) electrons. The molecule has 3 aromatic carbocycles. The summed E-state index contributed by atoms with van der Waals surface area (Å²) in [5.74, 6) is -0.167. The average molecular weight is 509 g/mol. The maximum atomic E-state index is 13.5. The fraction of sp³-hybridized carbons (Fsp3) is 0.240. The first-order chi connectivity index (χ1) is 15.9. The Labute approximate surface area is 201 Å². The van der Waals surface area contributed by atoms with Gasteiger partial charge in [0.2, 0.25) is 5.91 Å². The Balaban J connectivity index is 1.54. The first kappa shape index (κ1) is 22.9. The van der Waals surface area contributed by atoms with Crippen molar-refractivity contribution in [1.82, 2.24) is 4.90 Å². The molecule has 1 aliphatic heterocycles. The van der Waals surface area contributed by atoms with Crippen LogP contribution >= 0.6 is 15.9 Å². The minimum Gasteiger partial charge on any atom is -0.369 e. The normalized spacial score (nSPS) is 15.2. The molecule has 1 amide bonds. The van der Waals surface area contributed by atoms with Gasteiger partial charge in [-0.05, 0) is 46.1 Å². The van der Waals surface area contributed by atoms with E-state index in [0.717, 1.165) is 31.7 Å². The number of piperazine rings is 1. The number of benzene rings is 3. The number of aryl methyl sites for hydroxylation is 1. The molecule has 0 bridgehead atoms. The summed E-state index contributed by atoms with van der Waals surface area (Å²) in [6.45, 7) is 5.24. The zero-order chi connectivity index (χ0) is 23.4. The summed E-state index contributed by atoms with van der Waals surface area (Å²) < 4.78 is 0.473. The molecular weight excluding hydrogens is 484 g/mol. The lowest BCUT2D eigenvalue weighted by molar-refractivity contribution is -0.384. The summed E-state index contributed by atoms with van der Waals surface area (Å²) in [6, 6.07) is 21.9. The number of para-hydroxylation sites is 1. The molecule has 8 heteroatoms.